The van der Waals surface area contributed by atoms with Gasteiger partial charge in [-0.3, -0.25) is 19.2 Å². The van der Waals surface area contributed by atoms with Crippen molar-refractivity contribution in [1.29, 1.82) is 1.43 Å². The number of nitrogens with one attached hydrogen (secondary N) is 2. The molecule has 0 saturated carbocycles. The Morgan fingerprint density at radius 2 is 1.93 bits per heavy atom. The zero-order valence-electron chi connectivity index (χ0n) is 25.3. The number of hydrogen-bond donors (Lipinski definition) is 3. The molecule has 220 valence electrons. The van der Waals surface area contributed by atoms with Crippen LogP contribution in [0.5, 0.6) is 0 Å². The number of hydrogen-bond acceptors (Lipinski definition) is 9. The highest BCUT2D eigenvalue weighted by atomic mass is 32.1. The van der Waals surface area contributed by atoms with Crippen LogP contribution in [0.25, 0.3) is 4.85 Å². The molecule has 2 heterocycles. The number of aromatic amines is 1. The highest BCUT2D eigenvalue weighted by molar-refractivity contribution is 7.80. The second-order valence-electron chi connectivity index (χ2n) is 9.15. The lowest BCUT2D eigenvalue weighted by atomic mass is 10.1. The molecule has 0 bridgehead atoms. The predicted molar refractivity (Wildman–Crippen MR) is 158 cm³/mol. The number of benzene rings is 1. The van der Waals surface area contributed by atoms with Gasteiger partial charge in [-0.2, -0.15) is 0 Å². The Kier molecular flexibility index (Phi) is 12.1. The minimum Gasteiger partial charge on any atom is -0.460 e. The van der Waals surface area contributed by atoms with E-state index in [1.807, 2.05) is 62.7 Å². The van der Waals surface area contributed by atoms with Gasteiger partial charge in [-0.25, -0.2) is 20.6 Å². The lowest BCUT2D eigenvalue weighted by Gasteiger charge is -2.37. The summed E-state index contributed by atoms with van der Waals surface area (Å²) in [5.41, 5.74) is -0.582. The van der Waals surface area contributed by atoms with E-state index in [0.29, 0.717) is 5.69 Å². The van der Waals surface area contributed by atoms with Crippen LogP contribution in [0.1, 0.15) is 49.1 Å². The molecule has 3 rings (SSSR count). The summed E-state index contributed by atoms with van der Waals surface area (Å²) in [6.07, 6.45) is -3.32. The van der Waals surface area contributed by atoms with Gasteiger partial charge in [0.25, 0.3) is 19.3 Å². The van der Waals surface area contributed by atoms with E-state index in [2.05, 4.69) is 20.3 Å². The van der Waals surface area contributed by atoms with Gasteiger partial charge in [0.2, 0.25) is 1.43 Å². The third kappa shape index (κ3) is 8.91. The maximum absolute atomic E-state index is 12.7. The molecule has 14 heteroatoms. The summed E-state index contributed by atoms with van der Waals surface area (Å²) in [5.74, 6) is 0. The summed E-state index contributed by atoms with van der Waals surface area (Å²) in [7, 11) is -0.533. The van der Waals surface area contributed by atoms with Crippen molar-refractivity contribution in [2.24, 2.45) is 0 Å². The summed E-state index contributed by atoms with van der Waals surface area (Å²) < 4.78 is 41.9. The molecule has 3 unspecified atom stereocenters. The maximum atomic E-state index is 12.7. The lowest BCUT2D eigenvalue weighted by molar-refractivity contribution is -0.0301. The summed E-state index contributed by atoms with van der Waals surface area (Å²) in [6, 6.07) is 10.4. The summed E-state index contributed by atoms with van der Waals surface area (Å²) in [4.78, 5) is 30.1. The lowest BCUT2D eigenvalue weighted by Crippen LogP contribution is -2.42. The number of anilines is 1. The van der Waals surface area contributed by atoms with E-state index in [0.717, 1.165) is 0 Å². The highest BCUT2D eigenvalue weighted by Crippen LogP contribution is 2.51. The SMILES string of the molecule is [2H]C[C@H]1O[C@@H](n2ccc(=O)[nH]c2=O)[C@@H](OC(=S)Nc2ccccc2)C1OP(OC(C)[N+]#[C-])N(C(C)C)C(C)C.[3H]OC. The average Bonchev–Trinajstić information content (AvgIpc) is 3.25. The summed E-state index contributed by atoms with van der Waals surface area (Å²) in [5, 5.41) is 6.50. The fourth-order valence-corrected chi connectivity index (χ4v) is 5.99. The molecule has 12 nitrogen and oxygen atoms in total. The molecule has 1 aliphatic rings. The first kappa shape index (κ1) is 30.3. The Morgan fingerprint density at radius 3 is 2.48 bits per heavy atom. The third-order valence-electron chi connectivity index (χ3n) is 5.56. The minimum absolute atomic E-state index is 0.000789. The highest BCUT2D eigenvalue weighted by Gasteiger charge is 2.49. The van der Waals surface area contributed by atoms with E-state index < -0.39 is 50.5 Å². The Bertz CT molecular complexity index is 1270. The molecule has 40 heavy (non-hydrogen) atoms. The zero-order chi connectivity index (χ0) is 31.4. The van der Waals surface area contributed by atoms with Crippen LogP contribution in [0.15, 0.2) is 52.2 Å². The van der Waals surface area contributed by atoms with Crippen LogP contribution in [0.4, 0.5) is 5.69 Å². The van der Waals surface area contributed by atoms with Crippen molar-refractivity contribution in [1.82, 2.24) is 14.2 Å². The Labute approximate surface area is 243 Å². The van der Waals surface area contributed by atoms with Crippen molar-refractivity contribution in [2.75, 3.05) is 12.4 Å². The Balaban J connectivity index is 0.00000197. The van der Waals surface area contributed by atoms with E-state index in [4.69, 9.17) is 40.1 Å². The summed E-state index contributed by atoms with van der Waals surface area (Å²) >= 11 is 5.48. The average molecular weight is 599 g/mol. The van der Waals surface area contributed by atoms with Gasteiger partial charge in [-0.1, -0.05) is 18.2 Å². The predicted octanol–water partition coefficient (Wildman–Crippen LogP) is 3.86. The Hall–Kier alpha value is -2.69. The number of ether oxygens (including phenoxy) is 2. The number of rotatable bonds is 10. The van der Waals surface area contributed by atoms with Gasteiger partial charge in [0, 0.05) is 45.4 Å². The molecule has 3 N–H and O–H groups in total. The van der Waals surface area contributed by atoms with Gasteiger partial charge >= 0.3 is 11.9 Å². The van der Waals surface area contributed by atoms with Gasteiger partial charge in [0.05, 0.1) is 6.10 Å². The minimum atomic E-state index is -1.82. The van der Waals surface area contributed by atoms with Crippen LogP contribution in [-0.2, 0) is 18.5 Å². The molecular formula is C26H38N5O7PS. The zero-order valence-corrected chi connectivity index (χ0v) is 25.1. The van der Waals surface area contributed by atoms with Crippen molar-refractivity contribution in [3.63, 3.8) is 0 Å². The van der Waals surface area contributed by atoms with Crippen LogP contribution in [0, 0.1) is 6.57 Å². The van der Waals surface area contributed by atoms with E-state index in [1.54, 1.807) is 6.92 Å². The molecule has 1 aromatic heterocycles. The van der Waals surface area contributed by atoms with Gasteiger partial charge < -0.3 is 24.4 Å². The molecule has 0 amide bonds. The fourth-order valence-electron chi connectivity index (χ4n) is 3.97. The monoisotopic (exact) mass is 598 g/mol. The number of aliphatic hydroxyl groups is 1. The van der Waals surface area contributed by atoms with Crippen LogP contribution < -0.4 is 16.6 Å². The molecule has 0 radical (unpaired) electrons. The van der Waals surface area contributed by atoms with Gasteiger partial charge in [0.15, 0.2) is 12.3 Å². The molecule has 0 spiro atoms. The molecule has 1 aromatic carbocycles. The second kappa shape index (κ2) is 15.9. The van der Waals surface area contributed by atoms with E-state index in [-0.39, 0.29) is 24.2 Å². The topological polar surface area (TPSA) is 132 Å². The number of nitrogens with zero attached hydrogens (tertiary/aromatic N) is 3. The number of aliphatic hydroxyl groups excluding tert-OH is 1. The largest absolute Gasteiger partial charge is 0.460 e. The van der Waals surface area contributed by atoms with E-state index in [9.17, 15) is 9.59 Å². The molecule has 0 aliphatic carbocycles. The van der Waals surface area contributed by atoms with Crippen molar-refractivity contribution < 1.29 is 25.0 Å². The molecule has 6 atom stereocenters. The Morgan fingerprint density at radius 1 is 1.27 bits per heavy atom. The van der Waals surface area contributed by atoms with Crippen LogP contribution >= 0.6 is 20.7 Å². The number of aromatic nitrogens is 2. The van der Waals surface area contributed by atoms with E-state index in [1.165, 1.54) is 23.9 Å². The molecule has 1 fully saturated rings. The molecular weight excluding hydrogens is 557 g/mol. The van der Waals surface area contributed by atoms with Crippen LogP contribution in [0.3, 0.4) is 0 Å². The van der Waals surface area contributed by atoms with Crippen molar-refractivity contribution in [2.45, 2.75) is 84.4 Å². The maximum Gasteiger partial charge on any atom is 0.330 e. The first-order chi connectivity index (χ1) is 20.0. The van der Waals surface area contributed by atoms with Crippen molar-refractivity contribution >= 4 is 31.6 Å². The van der Waals surface area contributed by atoms with Gasteiger partial charge in [0.1, 0.15) is 6.10 Å². The first-order valence-corrected chi connectivity index (χ1v) is 14.1. The number of para-hydroxylation sites is 1. The van der Waals surface area contributed by atoms with Crippen LogP contribution in [0.2, 0.25) is 0 Å². The van der Waals surface area contributed by atoms with Gasteiger partial charge in [-0.15, -0.1) is 0 Å². The van der Waals surface area contributed by atoms with E-state index >= 15 is 0 Å². The molecule has 1 aliphatic heterocycles. The molecule has 2 aromatic rings. The summed E-state index contributed by atoms with van der Waals surface area (Å²) in [6.45, 7) is 16.8. The number of thiocarbonyl (C=S) groups is 1. The third-order valence-corrected chi connectivity index (χ3v) is 7.97. The number of H-pyrrole nitrogens is 1. The van der Waals surface area contributed by atoms with Crippen molar-refractivity contribution in [3.05, 3.63) is 74.9 Å². The van der Waals surface area contributed by atoms with Crippen molar-refractivity contribution in [3.8, 4) is 0 Å². The quantitative estimate of drug-likeness (QED) is 0.211. The van der Waals surface area contributed by atoms with Gasteiger partial charge in [-0.05, 0) is 58.9 Å². The smallest absolute Gasteiger partial charge is 0.330 e. The second-order valence-corrected chi connectivity index (χ2v) is 10.9. The molecule has 1 saturated heterocycles. The fraction of sp³-hybridized carbons (Fsp3) is 0.538. The standard InChI is InChI=1S/C25H34N5O6PS.CH4O/c1-15(2)30(16(3)4)37(35-18(6)26-7)36-21-17(5)33-23(29-14-13-20(31)28-24(29)32)22(21)34-25(38)27-19-11-9-8-10-12-19;1-2/h8-18,21-23H,1-6H3,(H,27,38)(H,28,31,32);2H,1H3/t17-,18?,21?,22+,23-,37?;/m1./s1/i5D;2T. The normalized spacial score (nSPS) is 22.5. The first-order valence-electron chi connectivity index (χ1n) is 13.6. The van der Waals surface area contributed by atoms with Crippen LogP contribution in [-0.4, -0.2) is 69.7 Å².